The summed E-state index contributed by atoms with van der Waals surface area (Å²) in [5.74, 6) is 0. The molecule has 0 bridgehead atoms. The summed E-state index contributed by atoms with van der Waals surface area (Å²) in [6, 6.07) is 7.13. The molecule has 0 saturated heterocycles. The number of carbonyl (C=O) groups excluding carboxylic acids is 1. The lowest BCUT2D eigenvalue weighted by atomic mass is 10.2. The summed E-state index contributed by atoms with van der Waals surface area (Å²) >= 11 is 5.76. The molecule has 1 aromatic rings. The van der Waals surface area contributed by atoms with Gasteiger partial charge in [0, 0.05) is 18.7 Å². The Balaban J connectivity index is 2.30. The summed E-state index contributed by atoms with van der Waals surface area (Å²) in [5.41, 5.74) is 1.00. The molecule has 0 aliphatic rings. The third-order valence-electron chi connectivity index (χ3n) is 2.16. The zero-order chi connectivity index (χ0) is 12.7. The van der Waals surface area contributed by atoms with Gasteiger partial charge >= 0.3 is 6.03 Å². The van der Waals surface area contributed by atoms with Gasteiger partial charge in [-0.1, -0.05) is 23.7 Å². The quantitative estimate of drug-likeness (QED) is 0.848. The van der Waals surface area contributed by atoms with Gasteiger partial charge in [0.1, 0.15) is 0 Å². The lowest BCUT2D eigenvalue weighted by Crippen LogP contribution is -2.42. The van der Waals surface area contributed by atoms with Crippen LogP contribution in [0.1, 0.15) is 12.5 Å². The van der Waals surface area contributed by atoms with Crippen LogP contribution in [0, 0.1) is 0 Å². The van der Waals surface area contributed by atoms with Crippen molar-refractivity contribution in [3.63, 3.8) is 0 Å². The smallest absolute Gasteiger partial charge is 0.315 e. The lowest BCUT2D eigenvalue weighted by Gasteiger charge is -2.13. The van der Waals surface area contributed by atoms with Gasteiger partial charge in [-0.25, -0.2) is 4.79 Å². The molecular weight excluding hydrogens is 240 g/mol. The van der Waals surface area contributed by atoms with E-state index in [1.165, 1.54) is 0 Å². The third-order valence-corrected chi connectivity index (χ3v) is 2.41. The number of halogens is 1. The summed E-state index contributed by atoms with van der Waals surface area (Å²) < 4.78 is 4.92. The van der Waals surface area contributed by atoms with Crippen LogP contribution in [-0.4, -0.2) is 25.8 Å². The molecule has 2 N–H and O–H groups in total. The highest BCUT2D eigenvalue weighted by Crippen LogP contribution is 2.08. The van der Waals surface area contributed by atoms with Crippen LogP contribution >= 0.6 is 11.6 Å². The minimum Gasteiger partial charge on any atom is -0.383 e. The second-order valence-corrected chi connectivity index (χ2v) is 4.25. The average Bonchev–Trinajstić information content (AvgIpc) is 2.28. The maximum Gasteiger partial charge on any atom is 0.315 e. The van der Waals surface area contributed by atoms with E-state index in [9.17, 15) is 4.79 Å². The fourth-order valence-electron chi connectivity index (χ4n) is 1.35. The molecule has 0 heterocycles. The van der Waals surface area contributed by atoms with Crippen LogP contribution in [0.5, 0.6) is 0 Å². The lowest BCUT2D eigenvalue weighted by molar-refractivity contribution is 0.171. The molecule has 5 heteroatoms. The molecule has 0 spiro atoms. The van der Waals surface area contributed by atoms with Crippen LogP contribution in [0.4, 0.5) is 4.79 Å². The van der Waals surface area contributed by atoms with E-state index in [0.717, 1.165) is 5.56 Å². The SMILES string of the molecule is COCC(C)NC(=O)NCc1ccc(Cl)cc1. The molecule has 1 atom stereocenters. The van der Waals surface area contributed by atoms with Crippen molar-refractivity contribution in [3.05, 3.63) is 34.9 Å². The van der Waals surface area contributed by atoms with Gasteiger partial charge in [0.05, 0.1) is 12.6 Å². The second kappa shape index (κ2) is 7.14. The molecule has 17 heavy (non-hydrogen) atoms. The van der Waals surface area contributed by atoms with Crippen LogP contribution in [0.3, 0.4) is 0 Å². The highest BCUT2D eigenvalue weighted by molar-refractivity contribution is 6.30. The van der Waals surface area contributed by atoms with E-state index in [0.29, 0.717) is 18.2 Å². The van der Waals surface area contributed by atoms with Crippen molar-refractivity contribution in [1.82, 2.24) is 10.6 Å². The maximum absolute atomic E-state index is 11.5. The highest BCUT2D eigenvalue weighted by atomic mass is 35.5. The molecule has 0 radical (unpaired) electrons. The second-order valence-electron chi connectivity index (χ2n) is 3.81. The Morgan fingerprint density at radius 1 is 1.41 bits per heavy atom. The summed E-state index contributed by atoms with van der Waals surface area (Å²) in [4.78, 5) is 11.5. The van der Waals surface area contributed by atoms with Crippen molar-refractivity contribution >= 4 is 17.6 Å². The first kappa shape index (κ1) is 13.8. The van der Waals surface area contributed by atoms with Gasteiger partial charge in [0.2, 0.25) is 0 Å². The molecule has 0 fully saturated rings. The predicted molar refractivity (Wildman–Crippen MR) is 68.2 cm³/mol. The molecule has 4 nitrogen and oxygen atoms in total. The normalized spacial score (nSPS) is 11.9. The van der Waals surface area contributed by atoms with Crippen LogP contribution in [0.2, 0.25) is 5.02 Å². The van der Waals surface area contributed by atoms with Gasteiger partial charge in [0.15, 0.2) is 0 Å². The number of rotatable bonds is 5. The van der Waals surface area contributed by atoms with Crippen molar-refractivity contribution in [3.8, 4) is 0 Å². The Hall–Kier alpha value is -1.26. The molecule has 0 aliphatic heterocycles. The number of amides is 2. The summed E-state index contributed by atoms with van der Waals surface area (Å²) in [5, 5.41) is 6.21. The molecule has 2 amide bonds. The first-order valence-corrected chi connectivity index (χ1v) is 5.77. The fourth-order valence-corrected chi connectivity index (χ4v) is 1.48. The minimum absolute atomic E-state index is 0.00906. The number of benzene rings is 1. The van der Waals surface area contributed by atoms with E-state index < -0.39 is 0 Å². The largest absolute Gasteiger partial charge is 0.383 e. The molecule has 1 rings (SSSR count). The van der Waals surface area contributed by atoms with Gasteiger partial charge in [-0.3, -0.25) is 0 Å². The Labute approximate surface area is 106 Å². The van der Waals surface area contributed by atoms with E-state index in [1.807, 2.05) is 19.1 Å². The number of urea groups is 1. The maximum atomic E-state index is 11.5. The Morgan fingerprint density at radius 2 is 2.06 bits per heavy atom. The summed E-state index contributed by atoms with van der Waals surface area (Å²) in [6.45, 7) is 2.85. The molecule has 0 aliphatic carbocycles. The molecule has 0 saturated carbocycles. The van der Waals surface area contributed by atoms with Gasteiger partial charge in [-0.15, -0.1) is 0 Å². The molecule has 1 unspecified atom stereocenters. The predicted octanol–water partition coefficient (Wildman–Crippen LogP) is 2.17. The van der Waals surface area contributed by atoms with Crippen LogP contribution < -0.4 is 10.6 Å². The van der Waals surface area contributed by atoms with E-state index >= 15 is 0 Å². The zero-order valence-electron chi connectivity index (χ0n) is 10.00. The first-order chi connectivity index (χ1) is 8.11. The number of methoxy groups -OCH3 is 1. The summed E-state index contributed by atoms with van der Waals surface area (Å²) in [7, 11) is 1.60. The van der Waals surface area contributed by atoms with Crippen molar-refractivity contribution in [1.29, 1.82) is 0 Å². The van der Waals surface area contributed by atoms with Gasteiger partial charge in [-0.05, 0) is 24.6 Å². The Kier molecular flexibility index (Phi) is 5.80. The Bertz CT molecular complexity index is 354. The van der Waals surface area contributed by atoms with E-state index in [-0.39, 0.29) is 12.1 Å². The van der Waals surface area contributed by atoms with Gasteiger partial charge in [0.25, 0.3) is 0 Å². The first-order valence-electron chi connectivity index (χ1n) is 5.39. The molecule has 94 valence electrons. The highest BCUT2D eigenvalue weighted by Gasteiger charge is 2.05. The van der Waals surface area contributed by atoms with Crippen molar-refractivity contribution in [2.75, 3.05) is 13.7 Å². The molecule has 1 aromatic carbocycles. The number of nitrogens with one attached hydrogen (secondary N) is 2. The van der Waals surface area contributed by atoms with E-state index in [4.69, 9.17) is 16.3 Å². The van der Waals surface area contributed by atoms with Crippen molar-refractivity contribution in [2.24, 2.45) is 0 Å². The fraction of sp³-hybridized carbons (Fsp3) is 0.417. The molecule has 0 aromatic heterocycles. The number of hydrogen-bond acceptors (Lipinski definition) is 2. The van der Waals surface area contributed by atoms with E-state index in [1.54, 1.807) is 19.2 Å². The van der Waals surface area contributed by atoms with E-state index in [2.05, 4.69) is 10.6 Å². The number of ether oxygens (including phenoxy) is 1. The van der Waals surface area contributed by atoms with Crippen LogP contribution in [0.15, 0.2) is 24.3 Å². The van der Waals surface area contributed by atoms with Crippen molar-refractivity contribution < 1.29 is 9.53 Å². The monoisotopic (exact) mass is 256 g/mol. The summed E-state index contributed by atoms with van der Waals surface area (Å²) in [6.07, 6.45) is 0. The number of hydrogen-bond donors (Lipinski definition) is 2. The Morgan fingerprint density at radius 3 is 2.65 bits per heavy atom. The average molecular weight is 257 g/mol. The topological polar surface area (TPSA) is 50.4 Å². The van der Waals surface area contributed by atoms with Gasteiger partial charge in [-0.2, -0.15) is 0 Å². The van der Waals surface area contributed by atoms with Gasteiger partial charge < -0.3 is 15.4 Å². The number of carbonyl (C=O) groups is 1. The standard InChI is InChI=1S/C12H17ClN2O2/c1-9(8-17-2)15-12(16)14-7-10-3-5-11(13)6-4-10/h3-6,9H,7-8H2,1-2H3,(H2,14,15,16). The van der Waals surface area contributed by atoms with Crippen LogP contribution in [0.25, 0.3) is 0 Å². The zero-order valence-corrected chi connectivity index (χ0v) is 10.8. The molecular formula is C12H17ClN2O2. The van der Waals surface area contributed by atoms with Crippen LogP contribution in [-0.2, 0) is 11.3 Å². The minimum atomic E-state index is -0.204. The third kappa shape index (κ3) is 5.56. The van der Waals surface area contributed by atoms with Crippen molar-refractivity contribution in [2.45, 2.75) is 19.5 Å².